The molecule has 0 bridgehead atoms. The highest BCUT2D eigenvalue weighted by atomic mass is 32.2. The van der Waals surface area contributed by atoms with E-state index >= 15 is 0 Å². The van der Waals surface area contributed by atoms with Gasteiger partial charge in [-0.3, -0.25) is 4.79 Å². The fraction of sp³-hybridized carbons (Fsp3) is 0.333. The van der Waals surface area contributed by atoms with E-state index in [-0.39, 0.29) is 11.7 Å². The molecule has 0 fully saturated rings. The Labute approximate surface area is 136 Å². The maximum atomic E-state index is 12.7. The van der Waals surface area contributed by atoms with E-state index in [9.17, 15) is 23.1 Å². The summed E-state index contributed by atoms with van der Waals surface area (Å²) >= 11 is 1.15. The summed E-state index contributed by atoms with van der Waals surface area (Å²) in [5.41, 5.74) is -1.26. The van der Waals surface area contributed by atoms with Gasteiger partial charge in [-0.05, 0) is 23.8 Å². The van der Waals surface area contributed by atoms with Crippen molar-refractivity contribution in [1.82, 2.24) is 4.98 Å². The van der Waals surface area contributed by atoms with Crippen LogP contribution in [0.15, 0.2) is 34.7 Å². The van der Waals surface area contributed by atoms with Crippen LogP contribution in [0.25, 0.3) is 0 Å². The molecule has 0 radical (unpaired) electrons. The lowest BCUT2D eigenvalue weighted by molar-refractivity contribution is -0.138. The van der Waals surface area contributed by atoms with Gasteiger partial charge < -0.3 is 10.4 Å². The molecule has 2 N–H and O–H groups in total. The van der Waals surface area contributed by atoms with E-state index in [1.54, 1.807) is 13.0 Å². The van der Waals surface area contributed by atoms with Crippen molar-refractivity contribution in [1.29, 1.82) is 0 Å². The molecule has 1 rings (SSSR count). The van der Waals surface area contributed by atoms with Gasteiger partial charge in [0, 0.05) is 0 Å². The number of carbonyl (C=O) groups is 1. The largest absolute Gasteiger partial charge is 0.506 e. The first-order chi connectivity index (χ1) is 10.6. The highest BCUT2D eigenvalue weighted by Crippen LogP contribution is 2.36. The van der Waals surface area contributed by atoms with Gasteiger partial charge in [0.15, 0.2) is 0 Å². The number of aromatic hydroxyl groups is 1. The number of rotatable bonds is 5. The number of amides is 1. The second-order valence-corrected chi connectivity index (χ2v) is 6.08. The number of anilines is 1. The van der Waals surface area contributed by atoms with Crippen LogP contribution in [0.4, 0.5) is 19.0 Å². The molecular weight excluding hydrogens is 329 g/mol. The minimum Gasteiger partial charge on any atom is -0.506 e. The van der Waals surface area contributed by atoms with Gasteiger partial charge in [-0.15, -0.1) is 0 Å². The van der Waals surface area contributed by atoms with Gasteiger partial charge >= 0.3 is 6.18 Å². The van der Waals surface area contributed by atoms with E-state index in [4.69, 9.17) is 0 Å². The molecule has 0 atom stereocenters. The number of hydrogen-bond donors (Lipinski definition) is 2. The van der Waals surface area contributed by atoms with E-state index < -0.39 is 23.4 Å². The summed E-state index contributed by atoms with van der Waals surface area (Å²) in [6.45, 7) is 9.30. The standard InChI is InChI=1S/C15H17F3N2O2S/c1-5-12(23-9(4)8(2)3)14(22)20-13-6-10(15(16,17)18)11(21)7-19-13/h5-8,21H,4H2,1-3H3,(H,19,20,22)/b12-5-. The normalized spacial score (nSPS) is 12.4. The highest BCUT2D eigenvalue weighted by molar-refractivity contribution is 8.07. The van der Waals surface area contributed by atoms with Crippen LogP contribution in [0, 0.1) is 5.92 Å². The zero-order valence-corrected chi connectivity index (χ0v) is 13.7. The van der Waals surface area contributed by atoms with Gasteiger partial charge in [0.25, 0.3) is 5.91 Å². The number of hydrogen-bond acceptors (Lipinski definition) is 4. The van der Waals surface area contributed by atoms with Crippen molar-refractivity contribution in [3.8, 4) is 5.75 Å². The monoisotopic (exact) mass is 346 g/mol. The molecule has 126 valence electrons. The zero-order chi connectivity index (χ0) is 17.8. The van der Waals surface area contributed by atoms with Gasteiger partial charge in [0.05, 0.1) is 11.1 Å². The third-order valence-corrected chi connectivity index (χ3v) is 4.18. The average molecular weight is 346 g/mol. The number of nitrogens with zero attached hydrogens (tertiary/aromatic N) is 1. The molecule has 23 heavy (non-hydrogen) atoms. The Bertz CT molecular complexity index is 640. The minimum atomic E-state index is -4.74. The van der Waals surface area contributed by atoms with E-state index in [1.165, 1.54) is 0 Å². The van der Waals surface area contributed by atoms with Crippen molar-refractivity contribution in [2.24, 2.45) is 5.92 Å². The van der Waals surface area contributed by atoms with E-state index in [1.807, 2.05) is 13.8 Å². The summed E-state index contributed by atoms with van der Waals surface area (Å²) in [6.07, 6.45) is -2.55. The molecular formula is C15H17F3N2O2S. The summed E-state index contributed by atoms with van der Waals surface area (Å²) < 4.78 is 38.2. The summed E-state index contributed by atoms with van der Waals surface area (Å²) in [5.74, 6) is -1.74. The lowest BCUT2D eigenvalue weighted by atomic mass is 10.2. The number of alkyl halides is 3. The SMILES string of the molecule is C=C(S/C(=C\C)C(=O)Nc1cc(C(F)(F)F)c(O)cn1)C(C)C. The third kappa shape index (κ3) is 5.31. The topological polar surface area (TPSA) is 62.2 Å². The summed E-state index contributed by atoms with van der Waals surface area (Å²) in [6, 6.07) is 0.586. The van der Waals surface area contributed by atoms with Crippen molar-refractivity contribution in [2.45, 2.75) is 26.9 Å². The number of carbonyl (C=O) groups excluding carboxylic acids is 1. The Balaban J connectivity index is 2.95. The number of allylic oxidation sites excluding steroid dienone is 2. The number of halogens is 3. The molecule has 4 nitrogen and oxygen atoms in total. The Kier molecular flexibility index (Phi) is 6.26. The summed E-state index contributed by atoms with van der Waals surface area (Å²) in [5, 5.41) is 11.5. The quantitative estimate of drug-likeness (QED) is 0.768. The molecule has 0 spiro atoms. The molecule has 0 saturated heterocycles. The zero-order valence-electron chi connectivity index (χ0n) is 12.9. The van der Waals surface area contributed by atoms with E-state index in [0.717, 1.165) is 16.7 Å². The van der Waals surface area contributed by atoms with Crippen LogP contribution in [-0.2, 0) is 11.0 Å². The second-order valence-electron chi connectivity index (χ2n) is 4.91. The number of thioether (sulfide) groups is 1. The van der Waals surface area contributed by atoms with E-state index in [0.29, 0.717) is 17.2 Å². The lowest BCUT2D eigenvalue weighted by Crippen LogP contribution is -2.15. The number of nitrogens with one attached hydrogen (secondary N) is 1. The molecule has 1 heterocycles. The lowest BCUT2D eigenvalue weighted by Gasteiger charge is -2.13. The van der Waals surface area contributed by atoms with Crippen LogP contribution in [0.3, 0.4) is 0 Å². The first-order valence-electron chi connectivity index (χ1n) is 6.66. The van der Waals surface area contributed by atoms with Crippen LogP contribution in [0.5, 0.6) is 5.75 Å². The van der Waals surface area contributed by atoms with Crippen LogP contribution < -0.4 is 5.32 Å². The molecule has 0 unspecified atom stereocenters. The Morgan fingerprint density at radius 1 is 1.48 bits per heavy atom. The maximum absolute atomic E-state index is 12.7. The molecule has 0 saturated carbocycles. The predicted molar refractivity (Wildman–Crippen MR) is 84.9 cm³/mol. The fourth-order valence-electron chi connectivity index (χ4n) is 1.42. The molecule has 0 aliphatic rings. The molecule has 1 aromatic heterocycles. The van der Waals surface area contributed by atoms with Crippen LogP contribution >= 0.6 is 11.8 Å². The third-order valence-electron chi connectivity index (χ3n) is 2.80. The van der Waals surface area contributed by atoms with Gasteiger partial charge in [0.1, 0.15) is 17.1 Å². The summed E-state index contributed by atoms with van der Waals surface area (Å²) in [7, 11) is 0. The van der Waals surface area contributed by atoms with Crippen LogP contribution in [0.1, 0.15) is 26.3 Å². The van der Waals surface area contributed by atoms with Gasteiger partial charge in [-0.2, -0.15) is 13.2 Å². The predicted octanol–water partition coefficient (Wildman–Crippen LogP) is 4.55. The van der Waals surface area contributed by atoms with Crippen molar-refractivity contribution in [3.63, 3.8) is 0 Å². The van der Waals surface area contributed by atoms with Crippen LogP contribution in [0.2, 0.25) is 0 Å². The minimum absolute atomic E-state index is 0.145. The highest BCUT2D eigenvalue weighted by Gasteiger charge is 2.34. The maximum Gasteiger partial charge on any atom is 0.420 e. The molecule has 0 aromatic carbocycles. The number of pyridine rings is 1. The van der Waals surface area contributed by atoms with E-state index in [2.05, 4.69) is 16.9 Å². The Morgan fingerprint density at radius 3 is 2.57 bits per heavy atom. The van der Waals surface area contributed by atoms with Crippen LogP contribution in [-0.4, -0.2) is 16.0 Å². The molecule has 1 aromatic rings. The second kappa shape index (κ2) is 7.54. The van der Waals surface area contributed by atoms with Gasteiger partial charge in [-0.25, -0.2) is 4.98 Å². The van der Waals surface area contributed by atoms with Crippen molar-refractivity contribution < 1.29 is 23.1 Å². The first-order valence-corrected chi connectivity index (χ1v) is 7.48. The van der Waals surface area contributed by atoms with Crippen molar-refractivity contribution >= 4 is 23.5 Å². The number of aromatic nitrogens is 1. The molecule has 1 amide bonds. The van der Waals surface area contributed by atoms with Gasteiger partial charge in [-0.1, -0.05) is 38.3 Å². The first kappa shape index (κ1) is 19.1. The van der Waals surface area contributed by atoms with Crippen molar-refractivity contribution in [3.05, 3.63) is 40.3 Å². The average Bonchev–Trinajstić information content (AvgIpc) is 2.44. The van der Waals surface area contributed by atoms with Crippen molar-refractivity contribution in [2.75, 3.05) is 5.32 Å². The Hall–Kier alpha value is -1.96. The Morgan fingerprint density at radius 2 is 2.09 bits per heavy atom. The smallest absolute Gasteiger partial charge is 0.420 e. The molecule has 0 aliphatic carbocycles. The fourth-order valence-corrected chi connectivity index (χ4v) is 2.20. The summed E-state index contributed by atoms with van der Waals surface area (Å²) in [4.78, 5) is 16.8. The molecule has 8 heteroatoms. The van der Waals surface area contributed by atoms with Gasteiger partial charge in [0.2, 0.25) is 0 Å². The molecule has 0 aliphatic heterocycles.